The van der Waals surface area contributed by atoms with Crippen molar-refractivity contribution >= 4 is 5.91 Å². The lowest BCUT2D eigenvalue weighted by Gasteiger charge is -2.38. The standard InChI is InChI=1S/C10H10F2N2O2/c1-16-8-7(3-2-4-13-8)9(15)14-5-10(11,12)6-14/h2-4H,5-6H2,1H3. The van der Waals surface area contributed by atoms with Crippen molar-refractivity contribution in [1.29, 1.82) is 0 Å². The largest absolute Gasteiger partial charge is 0.480 e. The number of methoxy groups -OCH3 is 1. The summed E-state index contributed by atoms with van der Waals surface area (Å²) in [7, 11) is 1.38. The molecule has 2 rings (SSSR count). The number of aromatic nitrogens is 1. The Bertz CT molecular complexity index is 415. The van der Waals surface area contributed by atoms with E-state index in [1.54, 1.807) is 6.07 Å². The predicted octanol–water partition coefficient (Wildman–Crippen LogP) is 1.18. The summed E-state index contributed by atoms with van der Waals surface area (Å²) in [4.78, 5) is 16.7. The van der Waals surface area contributed by atoms with Crippen LogP contribution in [0.3, 0.4) is 0 Å². The van der Waals surface area contributed by atoms with Gasteiger partial charge in [0.2, 0.25) is 5.88 Å². The summed E-state index contributed by atoms with van der Waals surface area (Å²) in [5.74, 6) is -3.08. The third-order valence-corrected chi connectivity index (χ3v) is 2.33. The highest BCUT2D eigenvalue weighted by molar-refractivity contribution is 5.96. The molecule has 0 saturated carbocycles. The van der Waals surface area contributed by atoms with Gasteiger partial charge in [-0.25, -0.2) is 13.8 Å². The highest BCUT2D eigenvalue weighted by Crippen LogP contribution is 2.29. The van der Waals surface area contributed by atoms with Gasteiger partial charge in [0.1, 0.15) is 5.56 Å². The van der Waals surface area contributed by atoms with E-state index in [4.69, 9.17) is 4.74 Å². The molecule has 0 bridgehead atoms. The van der Waals surface area contributed by atoms with Crippen molar-refractivity contribution in [2.24, 2.45) is 0 Å². The summed E-state index contributed by atoms with van der Waals surface area (Å²) in [5, 5.41) is 0. The molecule has 86 valence electrons. The van der Waals surface area contributed by atoms with Crippen LogP contribution in [-0.4, -0.2) is 41.9 Å². The number of hydrogen-bond donors (Lipinski definition) is 0. The van der Waals surface area contributed by atoms with E-state index in [1.165, 1.54) is 19.4 Å². The first kappa shape index (κ1) is 10.8. The van der Waals surface area contributed by atoms with E-state index in [1.807, 2.05) is 0 Å². The zero-order valence-corrected chi connectivity index (χ0v) is 8.61. The Balaban J connectivity index is 2.16. The zero-order chi connectivity index (χ0) is 11.8. The van der Waals surface area contributed by atoms with E-state index in [2.05, 4.69) is 4.98 Å². The van der Waals surface area contributed by atoms with Crippen LogP contribution in [0, 0.1) is 0 Å². The summed E-state index contributed by atoms with van der Waals surface area (Å²) in [6.07, 6.45) is 1.47. The number of alkyl halides is 2. The van der Waals surface area contributed by atoms with Crippen LogP contribution >= 0.6 is 0 Å². The van der Waals surface area contributed by atoms with Gasteiger partial charge < -0.3 is 9.64 Å². The van der Waals surface area contributed by atoms with E-state index in [9.17, 15) is 13.6 Å². The molecule has 0 spiro atoms. The van der Waals surface area contributed by atoms with Crippen molar-refractivity contribution in [1.82, 2.24) is 9.88 Å². The number of halogens is 2. The maximum atomic E-state index is 12.6. The molecule has 1 aromatic heterocycles. The molecule has 1 aliphatic rings. The normalized spacial score (nSPS) is 17.8. The minimum absolute atomic E-state index is 0.155. The number of rotatable bonds is 2. The quantitative estimate of drug-likeness (QED) is 0.763. The third kappa shape index (κ3) is 1.82. The SMILES string of the molecule is COc1ncccc1C(=O)N1CC(F)(F)C1. The van der Waals surface area contributed by atoms with Crippen molar-refractivity contribution in [3.05, 3.63) is 23.9 Å². The lowest BCUT2D eigenvalue weighted by molar-refractivity contribution is -0.113. The first-order valence-corrected chi connectivity index (χ1v) is 4.69. The molecule has 0 unspecified atom stereocenters. The lowest BCUT2D eigenvalue weighted by atomic mass is 10.1. The van der Waals surface area contributed by atoms with E-state index in [0.717, 1.165) is 4.90 Å². The second kappa shape index (κ2) is 3.70. The number of carbonyl (C=O) groups is 1. The molecule has 0 radical (unpaired) electrons. The van der Waals surface area contributed by atoms with Crippen LogP contribution in [0.15, 0.2) is 18.3 Å². The lowest BCUT2D eigenvalue weighted by Crippen LogP contribution is -2.58. The molecule has 16 heavy (non-hydrogen) atoms. The van der Waals surface area contributed by atoms with Crippen molar-refractivity contribution in [3.63, 3.8) is 0 Å². The van der Waals surface area contributed by atoms with Crippen molar-refractivity contribution in [3.8, 4) is 5.88 Å². The van der Waals surface area contributed by atoms with Gasteiger partial charge in [-0.2, -0.15) is 0 Å². The number of pyridine rings is 1. The second-order valence-electron chi connectivity index (χ2n) is 3.58. The Kier molecular flexibility index (Phi) is 2.49. The fraction of sp³-hybridized carbons (Fsp3) is 0.400. The van der Waals surface area contributed by atoms with E-state index < -0.39 is 24.9 Å². The highest BCUT2D eigenvalue weighted by Gasteiger charge is 2.46. The highest BCUT2D eigenvalue weighted by atomic mass is 19.3. The number of likely N-dealkylation sites (tertiary alicyclic amines) is 1. The number of carbonyl (C=O) groups excluding carboxylic acids is 1. The van der Waals surface area contributed by atoms with Crippen molar-refractivity contribution in [2.45, 2.75) is 5.92 Å². The second-order valence-corrected chi connectivity index (χ2v) is 3.58. The Morgan fingerprint density at radius 2 is 2.25 bits per heavy atom. The Labute approximate surface area is 90.8 Å². The molecule has 2 heterocycles. The van der Waals surface area contributed by atoms with Crippen LogP contribution in [-0.2, 0) is 0 Å². The Hall–Kier alpha value is -1.72. The fourth-order valence-corrected chi connectivity index (χ4v) is 1.54. The molecule has 1 aliphatic heterocycles. The maximum absolute atomic E-state index is 12.6. The van der Waals surface area contributed by atoms with Gasteiger partial charge in [0.15, 0.2) is 0 Å². The van der Waals surface area contributed by atoms with Crippen LogP contribution in [0.25, 0.3) is 0 Å². The minimum Gasteiger partial charge on any atom is -0.480 e. The first-order valence-electron chi connectivity index (χ1n) is 4.69. The Morgan fingerprint density at radius 1 is 1.56 bits per heavy atom. The average Bonchev–Trinajstić information content (AvgIpc) is 2.24. The van der Waals surface area contributed by atoms with Crippen LogP contribution in [0.4, 0.5) is 8.78 Å². The molecular formula is C10H10F2N2O2. The molecule has 0 aromatic carbocycles. The van der Waals surface area contributed by atoms with Crippen LogP contribution in [0.2, 0.25) is 0 Å². The summed E-state index contributed by atoms with van der Waals surface area (Å²) in [6.45, 7) is -1.08. The molecule has 0 N–H and O–H groups in total. The summed E-state index contributed by atoms with van der Waals surface area (Å²) in [5.41, 5.74) is 0.209. The van der Waals surface area contributed by atoms with Gasteiger partial charge >= 0.3 is 0 Å². The van der Waals surface area contributed by atoms with Crippen LogP contribution < -0.4 is 4.74 Å². The molecular weight excluding hydrogens is 218 g/mol. The van der Waals surface area contributed by atoms with Crippen molar-refractivity contribution in [2.75, 3.05) is 20.2 Å². The maximum Gasteiger partial charge on any atom is 0.282 e. The van der Waals surface area contributed by atoms with Gasteiger partial charge in [0.05, 0.1) is 20.2 Å². The van der Waals surface area contributed by atoms with Gasteiger partial charge in [0, 0.05) is 6.20 Å². The summed E-state index contributed by atoms with van der Waals surface area (Å²) in [6, 6.07) is 3.07. The smallest absolute Gasteiger partial charge is 0.282 e. The molecule has 4 nitrogen and oxygen atoms in total. The summed E-state index contributed by atoms with van der Waals surface area (Å²) >= 11 is 0. The van der Waals surface area contributed by atoms with E-state index in [-0.39, 0.29) is 11.4 Å². The first-order chi connectivity index (χ1) is 7.53. The van der Waals surface area contributed by atoms with E-state index >= 15 is 0 Å². The molecule has 0 aliphatic carbocycles. The fourth-order valence-electron chi connectivity index (χ4n) is 1.54. The average molecular weight is 228 g/mol. The Morgan fingerprint density at radius 3 is 2.81 bits per heavy atom. The minimum atomic E-state index is -2.76. The van der Waals surface area contributed by atoms with Gasteiger partial charge in [-0.1, -0.05) is 0 Å². The van der Waals surface area contributed by atoms with Gasteiger partial charge in [-0.3, -0.25) is 4.79 Å². The van der Waals surface area contributed by atoms with E-state index in [0.29, 0.717) is 0 Å². The molecule has 6 heteroatoms. The third-order valence-electron chi connectivity index (χ3n) is 2.33. The topological polar surface area (TPSA) is 42.4 Å². The number of nitrogens with zero attached hydrogens (tertiary/aromatic N) is 2. The molecule has 1 amide bonds. The van der Waals surface area contributed by atoms with Gasteiger partial charge in [-0.15, -0.1) is 0 Å². The van der Waals surface area contributed by atoms with Crippen molar-refractivity contribution < 1.29 is 18.3 Å². The molecule has 1 aromatic rings. The number of amides is 1. The monoisotopic (exact) mass is 228 g/mol. The van der Waals surface area contributed by atoms with Gasteiger partial charge in [0.25, 0.3) is 11.8 Å². The summed E-state index contributed by atoms with van der Waals surface area (Å²) < 4.78 is 30.1. The number of hydrogen-bond acceptors (Lipinski definition) is 3. The van der Waals surface area contributed by atoms with Crippen LogP contribution in [0.1, 0.15) is 10.4 Å². The number of ether oxygens (including phenoxy) is 1. The molecule has 1 fully saturated rings. The van der Waals surface area contributed by atoms with Crippen LogP contribution in [0.5, 0.6) is 5.88 Å². The predicted molar refractivity (Wildman–Crippen MR) is 51.6 cm³/mol. The van der Waals surface area contributed by atoms with Gasteiger partial charge in [-0.05, 0) is 12.1 Å². The molecule has 0 atom stereocenters. The molecule has 1 saturated heterocycles. The zero-order valence-electron chi connectivity index (χ0n) is 8.61.